The van der Waals surface area contributed by atoms with Crippen LogP contribution in [0.4, 0.5) is 0 Å². The second kappa shape index (κ2) is 6.39. The second-order valence-corrected chi connectivity index (χ2v) is 4.93. The quantitative estimate of drug-likeness (QED) is 0.876. The molecule has 0 fully saturated rings. The minimum absolute atomic E-state index is 0.463. The summed E-state index contributed by atoms with van der Waals surface area (Å²) in [6.45, 7) is 5.11. The average molecular weight is 255 g/mol. The van der Waals surface area contributed by atoms with Gasteiger partial charge in [0.1, 0.15) is 5.75 Å². The molecule has 2 rings (SSSR count). The first-order valence-electron chi connectivity index (χ1n) is 6.66. The number of rotatable bonds is 5. The number of benzene rings is 2. The lowest BCUT2D eigenvalue weighted by molar-refractivity contribution is 0.406. The lowest BCUT2D eigenvalue weighted by Gasteiger charge is -2.13. The number of methoxy groups -OCH3 is 1. The molecule has 0 bridgehead atoms. The van der Waals surface area contributed by atoms with Crippen LogP contribution in [0.5, 0.6) is 5.75 Å². The first-order valence-corrected chi connectivity index (χ1v) is 6.66. The van der Waals surface area contributed by atoms with E-state index in [0.717, 1.165) is 12.3 Å². The van der Waals surface area contributed by atoms with Crippen LogP contribution in [0.1, 0.15) is 19.4 Å². The highest BCUT2D eigenvalue weighted by atomic mass is 16.5. The predicted molar refractivity (Wildman–Crippen MR) is 80.4 cm³/mol. The van der Waals surface area contributed by atoms with Gasteiger partial charge in [-0.3, -0.25) is 0 Å². The third-order valence-electron chi connectivity index (χ3n) is 3.09. The highest BCUT2D eigenvalue weighted by molar-refractivity contribution is 5.65. The summed E-state index contributed by atoms with van der Waals surface area (Å²) >= 11 is 0. The lowest BCUT2D eigenvalue weighted by atomic mass is 10.0. The van der Waals surface area contributed by atoms with Gasteiger partial charge in [0, 0.05) is 18.2 Å². The molecule has 0 aromatic heterocycles. The largest absolute Gasteiger partial charge is 0.496 e. The van der Waals surface area contributed by atoms with Crippen LogP contribution in [-0.2, 0) is 6.54 Å². The molecular weight excluding hydrogens is 234 g/mol. The van der Waals surface area contributed by atoms with E-state index in [4.69, 9.17) is 4.74 Å². The van der Waals surface area contributed by atoms with Crippen LogP contribution in [0.25, 0.3) is 11.1 Å². The van der Waals surface area contributed by atoms with Crippen LogP contribution in [0.15, 0.2) is 48.5 Å². The molecule has 0 saturated heterocycles. The van der Waals surface area contributed by atoms with Crippen molar-refractivity contribution in [3.63, 3.8) is 0 Å². The Morgan fingerprint density at radius 2 is 1.74 bits per heavy atom. The molecule has 2 aromatic rings. The summed E-state index contributed by atoms with van der Waals surface area (Å²) in [6.07, 6.45) is 0. The maximum absolute atomic E-state index is 5.43. The second-order valence-electron chi connectivity index (χ2n) is 4.93. The van der Waals surface area contributed by atoms with Gasteiger partial charge in [0.2, 0.25) is 0 Å². The first-order chi connectivity index (χ1) is 9.20. The molecule has 19 heavy (non-hydrogen) atoms. The van der Waals surface area contributed by atoms with Crippen molar-refractivity contribution in [2.45, 2.75) is 26.4 Å². The van der Waals surface area contributed by atoms with E-state index in [1.54, 1.807) is 7.11 Å². The normalized spacial score (nSPS) is 10.7. The third-order valence-corrected chi connectivity index (χ3v) is 3.09. The van der Waals surface area contributed by atoms with Gasteiger partial charge >= 0.3 is 0 Å². The highest BCUT2D eigenvalue weighted by Gasteiger charge is 2.06. The fourth-order valence-corrected chi connectivity index (χ4v) is 2.04. The van der Waals surface area contributed by atoms with Crippen molar-refractivity contribution in [3.05, 3.63) is 54.1 Å². The molecule has 2 aromatic carbocycles. The number of hydrogen-bond donors (Lipinski definition) is 1. The van der Waals surface area contributed by atoms with Crippen LogP contribution in [0.2, 0.25) is 0 Å². The predicted octanol–water partition coefficient (Wildman–Crippen LogP) is 3.86. The molecule has 0 radical (unpaired) electrons. The van der Waals surface area contributed by atoms with Crippen molar-refractivity contribution in [1.29, 1.82) is 0 Å². The van der Waals surface area contributed by atoms with Gasteiger partial charge in [-0.25, -0.2) is 0 Å². The highest BCUT2D eigenvalue weighted by Crippen LogP contribution is 2.26. The number of nitrogens with one attached hydrogen (secondary N) is 1. The Hall–Kier alpha value is -1.80. The van der Waals surface area contributed by atoms with E-state index in [0.29, 0.717) is 6.04 Å². The van der Waals surface area contributed by atoms with Gasteiger partial charge in [-0.15, -0.1) is 0 Å². The molecule has 0 unspecified atom stereocenters. The van der Waals surface area contributed by atoms with Crippen molar-refractivity contribution in [2.24, 2.45) is 0 Å². The summed E-state index contributed by atoms with van der Waals surface area (Å²) in [4.78, 5) is 0. The third kappa shape index (κ3) is 3.58. The molecule has 0 heterocycles. The van der Waals surface area contributed by atoms with E-state index in [2.05, 4.69) is 55.6 Å². The van der Waals surface area contributed by atoms with Crippen LogP contribution in [0.3, 0.4) is 0 Å². The van der Waals surface area contributed by atoms with Crippen LogP contribution in [0, 0.1) is 0 Å². The molecular formula is C17H21NO. The molecule has 2 nitrogen and oxygen atoms in total. The zero-order valence-corrected chi connectivity index (χ0v) is 11.8. The molecule has 0 aliphatic carbocycles. The van der Waals surface area contributed by atoms with Crippen molar-refractivity contribution >= 4 is 0 Å². The van der Waals surface area contributed by atoms with Crippen LogP contribution in [-0.4, -0.2) is 13.2 Å². The van der Waals surface area contributed by atoms with Crippen molar-refractivity contribution < 1.29 is 4.74 Å². The summed E-state index contributed by atoms with van der Waals surface area (Å²) in [5.41, 5.74) is 3.65. The number of hydrogen-bond acceptors (Lipinski definition) is 2. The fraction of sp³-hybridized carbons (Fsp3) is 0.294. The molecule has 2 heteroatoms. The van der Waals surface area contributed by atoms with Gasteiger partial charge in [-0.1, -0.05) is 50.2 Å². The Morgan fingerprint density at radius 3 is 2.37 bits per heavy atom. The smallest absolute Gasteiger partial charge is 0.123 e. The Balaban J connectivity index is 2.30. The zero-order chi connectivity index (χ0) is 13.7. The van der Waals surface area contributed by atoms with Gasteiger partial charge in [0.25, 0.3) is 0 Å². The lowest BCUT2D eigenvalue weighted by Crippen LogP contribution is -2.22. The Morgan fingerprint density at radius 1 is 1.00 bits per heavy atom. The molecule has 100 valence electrons. The Labute approximate surface area is 115 Å². The van der Waals surface area contributed by atoms with Crippen LogP contribution < -0.4 is 10.1 Å². The van der Waals surface area contributed by atoms with Crippen LogP contribution >= 0.6 is 0 Å². The van der Waals surface area contributed by atoms with Crippen molar-refractivity contribution in [3.8, 4) is 16.9 Å². The van der Waals surface area contributed by atoms with Gasteiger partial charge in [0.05, 0.1) is 7.11 Å². The Kier molecular flexibility index (Phi) is 4.58. The Bertz CT molecular complexity index is 520. The average Bonchev–Trinajstić information content (AvgIpc) is 2.45. The van der Waals surface area contributed by atoms with Gasteiger partial charge in [-0.05, 0) is 23.3 Å². The molecule has 0 amide bonds. The van der Waals surface area contributed by atoms with E-state index < -0.39 is 0 Å². The molecule has 0 aliphatic heterocycles. The minimum Gasteiger partial charge on any atom is -0.496 e. The van der Waals surface area contributed by atoms with Crippen molar-refractivity contribution in [2.75, 3.05) is 7.11 Å². The topological polar surface area (TPSA) is 21.3 Å². The summed E-state index contributed by atoms with van der Waals surface area (Å²) in [5.74, 6) is 0.938. The fourth-order valence-electron chi connectivity index (χ4n) is 2.04. The number of ether oxygens (including phenoxy) is 1. The first kappa shape index (κ1) is 13.6. The van der Waals surface area contributed by atoms with Gasteiger partial charge < -0.3 is 10.1 Å². The molecule has 0 spiro atoms. The van der Waals surface area contributed by atoms with E-state index in [1.807, 2.05) is 12.1 Å². The van der Waals surface area contributed by atoms with Gasteiger partial charge in [-0.2, -0.15) is 0 Å². The maximum Gasteiger partial charge on any atom is 0.123 e. The molecule has 0 aliphatic rings. The van der Waals surface area contributed by atoms with Gasteiger partial charge in [0.15, 0.2) is 0 Å². The van der Waals surface area contributed by atoms with E-state index >= 15 is 0 Å². The minimum atomic E-state index is 0.463. The maximum atomic E-state index is 5.43. The monoisotopic (exact) mass is 255 g/mol. The SMILES string of the molecule is COc1ccc(-c2ccccc2)cc1CNC(C)C. The van der Waals surface area contributed by atoms with E-state index in [1.165, 1.54) is 16.7 Å². The van der Waals surface area contributed by atoms with E-state index in [-0.39, 0.29) is 0 Å². The van der Waals surface area contributed by atoms with Crippen molar-refractivity contribution in [1.82, 2.24) is 5.32 Å². The molecule has 0 atom stereocenters. The summed E-state index contributed by atoms with van der Waals surface area (Å²) in [5, 5.41) is 3.44. The van der Waals surface area contributed by atoms with E-state index in [9.17, 15) is 0 Å². The molecule has 0 saturated carbocycles. The zero-order valence-electron chi connectivity index (χ0n) is 11.8. The molecule has 1 N–H and O–H groups in total. The summed E-state index contributed by atoms with van der Waals surface area (Å²) in [6, 6.07) is 17.2. The summed E-state index contributed by atoms with van der Waals surface area (Å²) in [7, 11) is 1.72. The standard InChI is InChI=1S/C17H21NO/c1-13(2)18-12-16-11-15(9-10-17(16)19-3)14-7-5-4-6-8-14/h4-11,13,18H,12H2,1-3H3. The summed E-state index contributed by atoms with van der Waals surface area (Å²) < 4.78 is 5.43.